The number of aliphatic hydroxyl groups is 2. The fraction of sp³-hybridized carbons (Fsp3) is 0.310. The minimum Gasteiger partial charge on any atom is -0.488 e. The molecule has 1 amide bonds. The molecule has 0 saturated heterocycles. The first-order valence-electron chi connectivity index (χ1n) is 13.0. The van der Waals surface area contributed by atoms with Crippen LogP contribution in [-0.4, -0.2) is 69.4 Å². The smallest absolute Gasteiger partial charge is 0.212 e. The van der Waals surface area contributed by atoms with Crippen molar-refractivity contribution in [3.05, 3.63) is 74.7 Å². The number of benzene rings is 2. The van der Waals surface area contributed by atoms with Crippen LogP contribution in [0.4, 0.5) is 15.8 Å². The first-order chi connectivity index (χ1) is 20.4. The van der Waals surface area contributed by atoms with Gasteiger partial charge in [0.1, 0.15) is 12.6 Å². The highest BCUT2D eigenvalue weighted by atomic mass is 32.1. The van der Waals surface area contributed by atoms with Gasteiger partial charge in [-0.2, -0.15) is 5.10 Å². The number of amides is 1. The molecular formula is C29H37FN6O5S. The molecule has 42 heavy (non-hydrogen) atoms. The van der Waals surface area contributed by atoms with Crippen LogP contribution in [0.5, 0.6) is 5.75 Å². The summed E-state index contributed by atoms with van der Waals surface area (Å²) in [5, 5.41) is 40.7. The van der Waals surface area contributed by atoms with Gasteiger partial charge in [-0.25, -0.2) is 4.39 Å². The number of ether oxygens (including phenoxy) is 1. The lowest BCUT2D eigenvalue weighted by Crippen LogP contribution is -2.36. The second-order valence-electron chi connectivity index (χ2n) is 8.65. The first kappa shape index (κ1) is 34.0. The third-order valence-corrected chi connectivity index (χ3v) is 6.87. The van der Waals surface area contributed by atoms with Gasteiger partial charge in [0.2, 0.25) is 6.41 Å². The Morgan fingerprint density at radius 2 is 2.00 bits per heavy atom. The number of amidine groups is 1. The van der Waals surface area contributed by atoms with Gasteiger partial charge in [-0.05, 0) is 59.8 Å². The van der Waals surface area contributed by atoms with Gasteiger partial charge in [0, 0.05) is 38.2 Å². The van der Waals surface area contributed by atoms with Gasteiger partial charge in [-0.15, -0.1) is 11.3 Å². The van der Waals surface area contributed by atoms with E-state index in [0.29, 0.717) is 41.2 Å². The summed E-state index contributed by atoms with van der Waals surface area (Å²) in [4.78, 5) is 23.7. The maximum absolute atomic E-state index is 16.0. The Morgan fingerprint density at radius 1 is 1.24 bits per heavy atom. The molecule has 1 unspecified atom stereocenters. The monoisotopic (exact) mass is 600 g/mol. The van der Waals surface area contributed by atoms with Crippen LogP contribution in [0.15, 0.2) is 46.9 Å². The van der Waals surface area contributed by atoms with Gasteiger partial charge in [0.25, 0.3) is 0 Å². The first-order valence-corrected chi connectivity index (χ1v) is 13.9. The predicted molar refractivity (Wildman–Crippen MR) is 165 cm³/mol. The molecule has 6 N–H and O–H groups in total. The normalized spacial score (nSPS) is 11.5. The molecule has 3 rings (SSSR count). The summed E-state index contributed by atoms with van der Waals surface area (Å²) < 4.78 is 21.5. The number of anilines is 2. The minimum atomic E-state index is -1.01. The van der Waals surface area contributed by atoms with Gasteiger partial charge in [-0.1, -0.05) is 19.1 Å². The number of rotatable bonds is 15. The molecule has 0 aliphatic carbocycles. The highest BCUT2D eigenvalue weighted by molar-refractivity contribution is 7.12. The molecule has 226 valence electrons. The summed E-state index contributed by atoms with van der Waals surface area (Å²) in [7, 11) is 4.42. The van der Waals surface area contributed by atoms with Crippen molar-refractivity contribution in [2.24, 2.45) is 5.10 Å². The summed E-state index contributed by atoms with van der Waals surface area (Å²) in [5.41, 5.74) is 3.59. The van der Waals surface area contributed by atoms with E-state index in [2.05, 4.69) is 21.1 Å². The predicted octanol–water partition coefficient (Wildman–Crippen LogP) is 3.31. The molecule has 1 aromatic heterocycles. The number of carbonyl (C=O) groups is 2. The van der Waals surface area contributed by atoms with Gasteiger partial charge >= 0.3 is 0 Å². The molecule has 0 aliphatic heterocycles. The van der Waals surface area contributed by atoms with E-state index in [9.17, 15) is 14.7 Å². The van der Waals surface area contributed by atoms with Crippen molar-refractivity contribution < 1.29 is 28.9 Å². The number of aliphatic hydroxyl groups excluding tert-OH is 2. The zero-order valence-corrected chi connectivity index (χ0v) is 24.8. The van der Waals surface area contributed by atoms with Gasteiger partial charge in [0.15, 0.2) is 23.7 Å². The van der Waals surface area contributed by atoms with Crippen LogP contribution in [0.3, 0.4) is 0 Å². The fourth-order valence-electron chi connectivity index (χ4n) is 4.11. The highest BCUT2D eigenvalue weighted by Crippen LogP contribution is 2.32. The van der Waals surface area contributed by atoms with Crippen molar-refractivity contribution in [1.82, 2.24) is 10.6 Å². The van der Waals surface area contributed by atoms with E-state index in [-0.39, 0.29) is 30.4 Å². The average Bonchev–Trinajstić information content (AvgIpc) is 3.50. The lowest BCUT2D eigenvalue weighted by atomic mass is 9.99. The minimum absolute atomic E-state index is 0.0369. The Kier molecular flexibility index (Phi) is 14.3. The van der Waals surface area contributed by atoms with Gasteiger partial charge in [-0.3, -0.25) is 14.6 Å². The number of hydrogen-bond donors (Lipinski definition) is 6. The largest absolute Gasteiger partial charge is 0.488 e. The molecule has 0 saturated carbocycles. The molecule has 0 fully saturated rings. The quantitative estimate of drug-likeness (QED) is 0.0671. The summed E-state index contributed by atoms with van der Waals surface area (Å²) in [5.74, 6) is -0.654. The van der Waals surface area contributed by atoms with Crippen LogP contribution in [0, 0.1) is 11.2 Å². The van der Waals surface area contributed by atoms with E-state index >= 15 is 4.39 Å². The number of hydrazone groups is 1. The van der Waals surface area contributed by atoms with E-state index < -0.39 is 11.9 Å². The van der Waals surface area contributed by atoms with Gasteiger partial charge < -0.3 is 36.3 Å². The number of carbonyl (C=O) groups excluding carboxylic acids is 2. The van der Waals surface area contributed by atoms with Crippen LogP contribution in [0.2, 0.25) is 0 Å². The van der Waals surface area contributed by atoms with Crippen molar-refractivity contribution in [2.45, 2.75) is 25.9 Å². The summed E-state index contributed by atoms with van der Waals surface area (Å²) in [6, 6.07) is 9.31. The number of halogens is 1. The molecule has 0 radical (unpaired) electrons. The van der Waals surface area contributed by atoms with Crippen molar-refractivity contribution in [2.75, 3.05) is 44.7 Å². The average molecular weight is 601 g/mol. The Morgan fingerprint density at radius 3 is 2.62 bits per heavy atom. The number of thiophene rings is 1. The number of aryl methyl sites for hydroxylation is 1. The van der Waals surface area contributed by atoms with Crippen molar-refractivity contribution in [1.29, 1.82) is 5.41 Å². The van der Waals surface area contributed by atoms with Crippen LogP contribution < -0.4 is 25.7 Å². The van der Waals surface area contributed by atoms with Crippen LogP contribution in [0.1, 0.15) is 44.9 Å². The summed E-state index contributed by atoms with van der Waals surface area (Å²) in [6.07, 6.45) is 2.99. The Balaban J connectivity index is 0.00000301. The molecule has 0 aliphatic rings. The van der Waals surface area contributed by atoms with Crippen LogP contribution in [0.25, 0.3) is 0 Å². The summed E-state index contributed by atoms with van der Waals surface area (Å²) in [6.45, 7) is 2.03. The highest BCUT2D eigenvalue weighted by Gasteiger charge is 2.27. The summed E-state index contributed by atoms with van der Waals surface area (Å²) >= 11 is 1.25. The van der Waals surface area contributed by atoms with Crippen LogP contribution in [-0.2, 0) is 17.8 Å². The Labute approximate surface area is 248 Å². The lowest BCUT2D eigenvalue weighted by Gasteiger charge is -2.26. The SMILES string of the molecule is CCc1cc(OCCO)c(F)c(C(Nc2ccc(C=N)c(CNC)c2)/C(=N/N(C)c2ccsc2C=O)NC=O)c1.CO. The number of nitrogens with zero attached hydrogens (tertiary/aromatic N) is 2. The molecule has 11 nitrogen and oxygen atoms in total. The zero-order valence-electron chi connectivity index (χ0n) is 24.0. The maximum atomic E-state index is 16.0. The molecule has 13 heteroatoms. The van der Waals surface area contributed by atoms with Crippen molar-refractivity contribution >= 4 is 47.5 Å². The van der Waals surface area contributed by atoms with Crippen LogP contribution >= 0.6 is 11.3 Å². The second-order valence-corrected chi connectivity index (χ2v) is 9.60. The number of nitrogens with one attached hydrogen (secondary N) is 4. The zero-order chi connectivity index (χ0) is 31.1. The molecule has 1 atom stereocenters. The molecule has 0 spiro atoms. The molecule has 0 bridgehead atoms. The van der Waals surface area contributed by atoms with E-state index in [1.165, 1.54) is 22.6 Å². The molecule has 3 aromatic rings. The standard InChI is InChI=1S/C28H33FN6O4S.CH4O/c1-4-18-11-22(26(29)24(12-18)39-9-8-36)27(33-21-6-5-19(14-30)20(13-21)15-31-2)28(32-17-38)34-35(3)23-7-10-40-25(23)16-37;1-2/h5-7,10-14,16-17,27,30-31,33,36H,4,8-9,15H2,1-3H3,(H,32,34,38);2H,1H3. The van der Waals surface area contributed by atoms with E-state index in [1.54, 1.807) is 49.8 Å². The number of hydrogen-bond acceptors (Lipinski definition) is 11. The molecule has 2 aromatic carbocycles. The Hall–Kier alpha value is -4.17. The van der Waals surface area contributed by atoms with E-state index in [0.717, 1.165) is 24.5 Å². The van der Waals surface area contributed by atoms with E-state index in [1.807, 2.05) is 13.0 Å². The third-order valence-electron chi connectivity index (χ3n) is 6.04. The van der Waals surface area contributed by atoms with E-state index in [4.69, 9.17) is 15.3 Å². The second kappa shape index (κ2) is 17.6. The Bertz CT molecular complexity index is 1370. The third kappa shape index (κ3) is 8.66. The topological polar surface area (TPSA) is 159 Å². The fourth-order valence-corrected chi connectivity index (χ4v) is 4.83. The molecular weight excluding hydrogens is 563 g/mol. The maximum Gasteiger partial charge on any atom is 0.212 e. The number of aldehydes is 1. The van der Waals surface area contributed by atoms with Crippen molar-refractivity contribution in [3.63, 3.8) is 0 Å². The van der Waals surface area contributed by atoms with Gasteiger partial charge in [0.05, 0.1) is 17.2 Å². The van der Waals surface area contributed by atoms with Crippen molar-refractivity contribution in [3.8, 4) is 5.75 Å². The molecule has 1 heterocycles. The lowest BCUT2D eigenvalue weighted by molar-refractivity contribution is -0.108.